The predicted molar refractivity (Wildman–Crippen MR) is 112 cm³/mol. The number of halogens is 3. The minimum atomic E-state index is -1.47. The van der Waals surface area contributed by atoms with Gasteiger partial charge in [0.2, 0.25) is 0 Å². The van der Waals surface area contributed by atoms with Crippen LogP contribution in [0.15, 0.2) is 17.8 Å². The molecule has 0 aliphatic rings. The number of aromatic nitrogens is 2. The molecule has 29 heavy (non-hydrogen) atoms. The van der Waals surface area contributed by atoms with Gasteiger partial charge in [-0.3, -0.25) is 4.79 Å². The molecular weight excluding hydrogens is 423 g/mol. The lowest BCUT2D eigenvalue weighted by Crippen LogP contribution is -2.15. The van der Waals surface area contributed by atoms with Crippen molar-refractivity contribution in [2.75, 3.05) is 27.7 Å². The fourth-order valence-corrected chi connectivity index (χ4v) is 4.08. The van der Waals surface area contributed by atoms with Gasteiger partial charge in [0, 0.05) is 23.7 Å². The Labute approximate surface area is 173 Å². The molecule has 0 atom stereocenters. The molecule has 0 aliphatic heterocycles. The molecule has 0 fully saturated rings. The van der Waals surface area contributed by atoms with Gasteiger partial charge >= 0.3 is 0 Å². The Kier molecular flexibility index (Phi) is 6.80. The minimum Gasteiger partial charge on any atom is -0.369 e. The van der Waals surface area contributed by atoms with E-state index in [1.807, 2.05) is 13.8 Å². The second kappa shape index (κ2) is 9.31. The van der Waals surface area contributed by atoms with Crippen LogP contribution in [0.5, 0.6) is 0 Å². The quantitative estimate of drug-likeness (QED) is 0.251. The average molecular weight is 442 g/mol. The lowest BCUT2D eigenvalue weighted by molar-refractivity contribution is 0.102. The van der Waals surface area contributed by atoms with Gasteiger partial charge < -0.3 is 15.4 Å². The van der Waals surface area contributed by atoms with Gasteiger partial charge in [-0.2, -0.15) is 0 Å². The van der Waals surface area contributed by atoms with Gasteiger partial charge in [0.15, 0.2) is 17.5 Å². The van der Waals surface area contributed by atoms with E-state index in [4.69, 9.17) is 0 Å². The van der Waals surface area contributed by atoms with Crippen molar-refractivity contribution >= 4 is 56.6 Å². The first-order valence-electron chi connectivity index (χ1n) is 8.80. The highest BCUT2D eigenvalue weighted by atomic mass is 32.2. The van der Waals surface area contributed by atoms with E-state index in [-0.39, 0.29) is 11.3 Å². The second-order valence-corrected chi connectivity index (χ2v) is 7.67. The summed E-state index contributed by atoms with van der Waals surface area (Å²) in [6.45, 7) is 4.45. The topological polar surface area (TPSA) is 78.9 Å². The molecule has 11 heteroatoms. The SMILES string of the molecule is CCCSNc1cc(F)c(F)c(NC(=O)c2csc3c(NCC)ncnc23)c1F. The molecule has 0 unspecified atom stereocenters. The molecule has 3 N–H and O–H groups in total. The van der Waals surface area contributed by atoms with E-state index in [0.29, 0.717) is 28.3 Å². The van der Waals surface area contributed by atoms with E-state index in [1.54, 1.807) is 0 Å². The molecule has 0 aliphatic carbocycles. The van der Waals surface area contributed by atoms with Crippen molar-refractivity contribution in [3.63, 3.8) is 0 Å². The molecule has 0 saturated heterocycles. The van der Waals surface area contributed by atoms with Crippen LogP contribution in [0.1, 0.15) is 30.6 Å². The Morgan fingerprint density at radius 2 is 2.00 bits per heavy atom. The van der Waals surface area contributed by atoms with Crippen LogP contribution in [0.4, 0.5) is 30.4 Å². The molecule has 0 saturated carbocycles. The summed E-state index contributed by atoms with van der Waals surface area (Å²) in [5.41, 5.74) is -0.642. The normalized spacial score (nSPS) is 10.9. The maximum atomic E-state index is 14.7. The molecule has 0 spiro atoms. The number of anilines is 3. The molecule has 1 amide bonds. The summed E-state index contributed by atoms with van der Waals surface area (Å²) in [6, 6.07) is 0.721. The van der Waals surface area contributed by atoms with Crippen LogP contribution in [0.3, 0.4) is 0 Å². The Balaban J connectivity index is 1.93. The fraction of sp³-hybridized carbons (Fsp3) is 0.278. The highest BCUT2D eigenvalue weighted by molar-refractivity contribution is 8.00. The maximum Gasteiger partial charge on any atom is 0.258 e. The lowest BCUT2D eigenvalue weighted by Gasteiger charge is -2.12. The lowest BCUT2D eigenvalue weighted by atomic mass is 10.2. The van der Waals surface area contributed by atoms with E-state index in [9.17, 15) is 18.0 Å². The van der Waals surface area contributed by atoms with Crippen molar-refractivity contribution in [1.82, 2.24) is 9.97 Å². The highest BCUT2D eigenvalue weighted by Gasteiger charge is 2.23. The molecule has 0 bridgehead atoms. The zero-order valence-electron chi connectivity index (χ0n) is 15.6. The van der Waals surface area contributed by atoms with E-state index >= 15 is 0 Å². The van der Waals surface area contributed by atoms with Gasteiger partial charge in [0.1, 0.15) is 17.8 Å². The molecule has 3 aromatic rings. The molecule has 1 aromatic carbocycles. The largest absolute Gasteiger partial charge is 0.369 e. The number of fused-ring (bicyclic) bond motifs is 1. The Hall–Kier alpha value is -2.53. The van der Waals surface area contributed by atoms with Crippen LogP contribution in [0.25, 0.3) is 10.2 Å². The zero-order valence-corrected chi connectivity index (χ0v) is 17.2. The number of benzene rings is 1. The first-order chi connectivity index (χ1) is 14.0. The standard InChI is InChI=1S/C18H18F3N5OS2/c1-3-5-29-26-11-6-10(19)12(20)15(13(11)21)25-18(27)9-7-28-16-14(9)23-8-24-17(16)22-4-2/h6-8,26H,3-5H2,1-2H3,(H,25,27)(H,22,23,24). The highest BCUT2D eigenvalue weighted by Crippen LogP contribution is 2.33. The number of thiophene rings is 1. The van der Waals surface area contributed by atoms with E-state index in [1.165, 1.54) is 23.0 Å². The van der Waals surface area contributed by atoms with Gasteiger partial charge in [0.25, 0.3) is 5.91 Å². The third kappa shape index (κ3) is 4.40. The third-order valence-corrected chi connectivity index (χ3v) is 5.78. The van der Waals surface area contributed by atoms with Gasteiger partial charge in [0.05, 0.1) is 21.5 Å². The van der Waals surface area contributed by atoms with Gasteiger partial charge in [-0.25, -0.2) is 23.1 Å². The van der Waals surface area contributed by atoms with Crippen LogP contribution in [0.2, 0.25) is 0 Å². The zero-order chi connectivity index (χ0) is 21.0. The van der Waals surface area contributed by atoms with Crippen molar-refractivity contribution in [2.24, 2.45) is 0 Å². The molecule has 6 nitrogen and oxygen atoms in total. The average Bonchev–Trinajstić information content (AvgIpc) is 3.14. The van der Waals surface area contributed by atoms with Crippen LogP contribution >= 0.6 is 23.3 Å². The summed E-state index contributed by atoms with van der Waals surface area (Å²) >= 11 is 2.38. The monoisotopic (exact) mass is 441 g/mol. The number of hydrogen-bond acceptors (Lipinski definition) is 7. The Morgan fingerprint density at radius 1 is 1.21 bits per heavy atom. The summed E-state index contributed by atoms with van der Waals surface area (Å²) < 4.78 is 46.1. The van der Waals surface area contributed by atoms with E-state index < -0.39 is 29.0 Å². The fourth-order valence-electron chi connectivity index (χ4n) is 2.50. The van der Waals surface area contributed by atoms with Crippen molar-refractivity contribution in [3.8, 4) is 0 Å². The number of amides is 1. The molecule has 0 radical (unpaired) electrons. The van der Waals surface area contributed by atoms with Crippen molar-refractivity contribution in [1.29, 1.82) is 0 Å². The summed E-state index contributed by atoms with van der Waals surface area (Å²) in [4.78, 5) is 20.9. The molecule has 2 aromatic heterocycles. The molecule has 154 valence electrons. The number of carbonyl (C=O) groups excluding carboxylic acids is 1. The van der Waals surface area contributed by atoms with E-state index in [0.717, 1.165) is 24.4 Å². The Morgan fingerprint density at radius 3 is 2.72 bits per heavy atom. The first kappa shape index (κ1) is 21.2. The molecular formula is C18H18F3N5OS2. The van der Waals surface area contributed by atoms with E-state index in [2.05, 4.69) is 25.3 Å². The Bertz CT molecular complexity index is 1040. The summed E-state index contributed by atoms with van der Waals surface area (Å²) in [6.07, 6.45) is 2.11. The number of hydrogen-bond donors (Lipinski definition) is 3. The first-order valence-corrected chi connectivity index (χ1v) is 10.7. The van der Waals surface area contributed by atoms with Crippen LogP contribution in [-0.4, -0.2) is 28.2 Å². The third-order valence-electron chi connectivity index (χ3n) is 3.83. The van der Waals surface area contributed by atoms with Gasteiger partial charge in [-0.15, -0.1) is 11.3 Å². The second-order valence-electron chi connectivity index (χ2n) is 5.89. The number of rotatable bonds is 8. The van der Waals surface area contributed by atoms with Crippen LogP contribution in [-0.2, 0) is 0 Å². The van der Waals surface area contributed by atoms with Crippen molar-refractivity contribution in [2.45, 2.75) is 20.3 Å². The van der Waals surface area contributed by atoms with Crippen molar-refractivity contribution in [3.05, 3.63) is 40.8 Å². The predicted octanol–water partition coefficient (Wildman–Crippen LogP) is 5.26. The smallest absolute Gasteiger partial charge is 0.258 e. The van der Waals surface area contributed by atoms with Crippen molar-refractivity contribution < 1.29 is 18.0 Å². The number of nitrogens with zero attached hydrogens (tertiary/aromatic N) is 2. The summed E-state index contributed by atoms with van der Waals surface area (Å²) in [5, 5.41) is 6.72. The number of nitrogens with one attached hydrogen (secondary N) is 3. The number of carbonyl (C=O) groups is 1. The maximum absolute atomic E-state index is 14.7. The van der Waals surface area contributed by atoms with Gasteiger partial charge in [-0.1, -0.05) is 18.9 Å². The molecule has 3 rings (SSSR count). The summed E-state index contributed by atoms with van der Waals surface area (Å²) in [5.74, 6) is -3.41. The minimum absolute atomic E-state index is 0.115. The molecule has 2 heterocycles. The van der Waals surface area contributed by atoms with Crippen LogP contribution in [0, 0.1) is 17.5 Å². The summed E-state index contributed by atoms with van der Waals surface area (Å²) in [7, 11) is 0. The van der Waals surface area contributed by atoms with Gasteiger partial charge in [-0.05, 0) is 13.3 Å². The van der Waals surface area contributed by atoms with Crippen LogP contribution < -0.4 is 15.4 Å².